The fourth-order valence-electron chi connectivity index (χ4n) is 1.98. The number of amides is 1. The number of thioether (sulfide) groups is 1. The number of carbonyl (C=O) groups is 1. The Kier molecular flexibility index (Phi) is 4.88. The Morgan fingerprint density at radius 1 is 1.56 bits per heavy atom. The Bertz CT molecular complexity index is 413. The third kappa shape index (κ3) is 3.17. The summed E-state index contributed by atoms with van der Waals surface area (Å²) in [5.74, 6) is 3.00. The molecular weight excluding hydrogens is 272 g/mol. The van der Waals surface area contributed by atoms with Crippen LogP contribution in [-0.4, -0.2) is 38.8 Å². The number of halogens is 1. The maximum atomic E-state index is 11.1. The van der Waals surface area contributed by atoms with Gasteiger partial charge in [-0.15, -0.1) is 21.8 Å². The van der Waals surface area contributed by atoms with Crippen LogP contribution in [0.4, 0.5) is 0 Å². The van der Waals surface area contributed by atoms with Crippen LogP contribution in [0.25, 0.3) is 0 Å². The van der Waals surface area contributed by atoms with Gasteiger partial charge in [-0.25, -0.2) is 0 Å². The van der Waals surface area contributed by atoms with Gasteiger partial charge in [0, 0.05) is 37.6 Å². The molecule has 2 rings (SSSR count). The number of piperidine rings is 1. The summed E-state index contributed by atoms with van der Waals surface area (Å²) in [5, 5.41) is 12.3. The van der Waals surface area contributed by atoms with Gasteiger partial charge < -0.3 is 9.88 Å². The number of rotatable bonds is 5. The van der Waals surface area contributed by atoms with E-state index in [1.54, 1.807) is 11.8 Å². The molecule has 0 bridgehead atoms. The van der Waals surface area contributed by atoms with E-state index in [0.29, 0.717) is 18.8 Å². The smallest absolute Gasteiger partial charge is 0.220 e. The Labute approximate surface area is 116 Å². The van der Waals surface area contributed by atoms with Crippen molar-refractivity contribution in [3.63, 3.8) is 0 Å². The molecule has 1 aliphatic rings. The van der Waals surface area contributed by atoms with Crippen molar-refractivity contribution in [2.45, 2.75) is 30.3 Å². The third-order valence-corrected chi connectivity index (χ3v) is 4.38. The highest BCUT2D eigenvalue weighted by atomic mass is 35.5. The van der Waals surface area contributed by atoms with Crippen molar-refractivity contribution in [3.05, 3.63) is 5.82 Å². The van der Waals surface area contributed by atoms with Crippen molar-refractivity contribution >= 4 is 29.3 Å². The van der Waals surface area contributed by atoms with Crippen LogP contribution in [0, 0.1) is 0 Å². The van der Waals surface area contributed by atoms with Gasteiger partial charge in [0.1, 0.15) is 5.82 Å². The second kappa shape index (κ2) is 6.43. The normalized spacial score (nSPS) is 19.9. The lowest BCUT2D eigenvalue weighted by atomic mass is 9.98. The summed E-state index contributed by atoms with van der Waals surface area (Å²) in [5.41, 5.74) is 0. The minimum absolute atomic E-state index is 0.130. The largest absolute Gasteiger partial charge is 0.355 e. The van der Waals surface area contributed by atoms with E-state index in [0.717, 1.165) is 29.6 Å². The highest BCUT2D eigenvalue weighted by Crippen LogP contribution is 2.25. The average Bonchev–Trinajstić information content (AvgIpc) is 2.73. The average molecular weight is 289 g/mol. The van der Waals surface area contributed by atoms with Gasteiger partial charge in [0.2, 0.25) is 5.91 Å². The maximum absolute atomic E-state index is 11.1. The number of hydrogen-bond donors (Lipinski definition) is 1. The van der Waals surface area contributed by atoms with E-state index in [1.807, 2.05) is 11.6 Å². The Morgan fingerprint density at radius 3 is 3.06 bits per heavy atom. The third-order valence-electron chi connectivity index (χ3n) is 3.01. The Hall–Kier alpha value is -0.750. The van der Waals surface area contributed by atoms with Crippen molar-refractivity contribution in [3.8, 4) is 0 Å². The van der Waals surface area contributed by atoms with Crippen LogP contribution >= 0.6 is 23.4 Å². The number of aromatic nitrogens is 3. The van der Waals surface area contributed by atoms with E-state index < -0.39 is 0 Å². The quantitative estimate of drug-likeness (QED) is 0.507. The van der Waals surface area contributed by atoms with Gasteiger partial charge in [-0.3, -0.25) is 4.79 Å². The number of alkyl halides is 1. The molecule has 1 amide bonds. The first-order valence-corrected chi connectivity index (χ1v) is 7.59. The van der Waals surface area contributed by atoms with Crippen molar-refractivity contribution < 1.29 is 4.79 Å². The fraction of sp³-hybridized carbons (Fsp3) is 0.727. The first-order valence-electron chi connectivity index (χ1n) is 6.07. The van der Waals surface area contributed by atoms with Gasteiger partial charge in [0.05, 0.1) is 0 Å². The van der Waals surface area contributed by atoms with Crippen LogP contribution in [0.1, 0.15) is 31.0 Å². The van der Waals surface area contributed by atoms with Crippen LogP contribution in [-0.2, 0) is 11.8 Å². The maximum Gasteiger partial charge on any atom is 0.220 e. The summed E-state index contributed by atoms with van der Waals surface area (Å²) in [4.78, 5) is 11.1. The van der Waals surface area contributed by atoms with Crippen LogP contribution < -0.4 is 5.32 Å². The lowest BCUT2D eigenvalue weighted by Crippen LogP contribution is -2.34. The van der Waals surface area contributed by atoms with Crippen LogP contribution in [0.5, 0.6) is 0 Å². The molecule has 2 heterocycles. The molecule has 5 nitrogen and oxygen atoms in total. The van der Waals surface area contributed by atoms with Gasteiger partial charge in [-0.1, -0.05) is 11.8 Å². The first kappa shape index (κ1) is 13.7. The summed E-state index contributed by atoms with van der Waals surface area (Å²) in [7, 11) is 1.98. The summed E-state index contributed by atoms with van der Waals surface area (Å²) in [6.07, 6.45) is 2.39. The van der Waals surface area contributed by atoms with E-state index in [4.69, 9.17) is 11.6 Å². The zero-order valence-electron chi connectivity index (χ0n) is 10.4. The molecule has 100 valence electrons. The predicted octanol–water partition coefficient (Wildman–Crippen LogP) is 1.53. The lowest BCUT2D eigenvalue weighted by molar-refractivity contribution is -0.122. The lowest BCUT2D eigenvalue weighted by Gasteiger charge is -2.21. The number of nitrogens with one attached hydrogen (secondary N) is 1. The predicted molar refractivity (Wildman–Crippen MR) is 72.0 cm³/mol. The SMILES string of the molecule is Cn1c(SCCCCl)nnc1C1CCC(=O)NC1. The van der Waals surface area contributed by atoms with E-state index >= 15 is 0 Å². The van der Waals surface area contributed by atoms with Gasteiger partial charge in [0.25, 0.3) is 0 Å². The van der Waals surface area contributed by atoms with Crippen molar-refractivity contribution in [1.82, 2.24) is 20.1 Å². The second-order valence-corrected chi connectivity index (χ2v) is 5.77. The zero-order chi connectivity index (χ0) is 13.0. The van der Waals surface area contributed by atoms with Crippen molar-refractivity contribution in [1.29, 1.82) is 0 Å². The highest BCUT2D eigenvalue weighted by Gasteiger charge is 2.24. The molecular formula is C11H17ClN4OS. The number of nitrogens with zero attached hydrogens (tertiary/aromatic N) is 3. The molecule has 1 aromatic heterocycles. The molecule has 1 saturated heterocycles. The molecule has 7 heteroatoms. The molecule has 0 aromatic carbocycles. The molecule has 1 atom stereocenters. The summed E-state index contributed by atoms with van der Waals surface area (Å²) < 4.78 is 2.03. The Balaban J connectivity index is 1.99. The Morgan fingerprint density at radius 2 is 2.39 bits per heavy atom. The molecule has 0 aliphatic carbocycles. The standard InChI is InChI=1S/C11H17ClN4OS/c1-16-10(8-3-4-9(17)13-7-8)14-15-11(16)18-6-2-5-12/h8H,2-7H2,1H3,(H,13,17). The van der Waals surface area contributed by atoms with Gasteiger partial charge in [-0.05, 0) is 12.8 Å². The molecule has 1 N–H and O–H groups in total. The number of hydrogen-bond acceptors (Lipinski definition) is 4. The molecule has 1 aromatic rings. The first-order chi connectivity index (χ1) is 8.72. The minimum Gasteiger partial charge on any atom is -0.355 e. The molecule has 1 aliphatic heterocycles. The van der Waals surface area contributed by atoms with Crippen LogP contribution in [0.2, 0.25) is 0 Å². The van der Waals surface area contributed by atoms with E-state index in [-0.39, 0.29) is 11.8 Å². The molecule has 1 fully saturated rings. The minimum atomic E-state index is 0.130. The van der Waals surface area contributed by atoms with Crippen LogP contribution in [0.3, 0.4) is 0 Å². The molecule has 0 saturated carbocycles. The van der Waals surface area contributed by atoms with E-state index in [2.05, 4.69) is 15.5 Å². The summed E-state index contributed by atoms with van der Waals surface area (Å²) in [6, 6.07) is 0. The van der Waals surface area contributed by atoms with Gasteiger partial charge in [-0.2, -0.15) is 0 Å². The summed E-state index contributed by atoms with van der Waals surface area (Å²) in [6.45, 7) is 0.664. The fourth-order valence-corrected chi connectivity index (χ4v) is 3.13. The van der Waals surface area contributed by atoms with Crippen molar-refractivity contribution in [2.75, 3.05) is 18.2 Å². The molecule has 0 spiro atoms. The van der Waals surface area contributed by atoms with Crippen molar-refractivity contribution in [2.24, 2.45) is 7.05 Å². The molecule has 18 heavy (non-hydrogen) atoms. The molecule has 0 radical (unpaired) electrons. The number of carbonyl (C=O) groups excluding carboxylic acids is 1. The van der Waals surface area contributed by atoms with E-state index in [9.17, 15) is 4.79 Å². The highest BCUT2D eigenvalue weighted by molar-refractivity contribution is 7.99. The van der Waals surface area contributed by atoms with Crippen LogP contribution in [0.15, 0.2) is 5.16 Å². The van der Waals surface area contributed by atoms with Gasteiger partial charge >= 0.3 is 0 Å². The van der Waals surface area contributed by atoms with E-state index in [1.165, 1.54) is 0 Å². The second-order valence-electron chi connectivity index (χ2n) is 4.33. The summed E-state index contributed by atoms with van der Waals surface area (Å²) >= 11 is 7.33. The topological polar surface area (TPSA) is 59.8 Å². The monoisotopic (exact) mass is 288 g/mol. The van der Waals surface area contributed by atoms with Gasteiger partial charge in [0.15, 0.2) is 5.16 Å². The molecule has 1 unspecified atom stereocenters. The zero-order valence-corrected chi connectivity index (χ0v) is 11.9.